The van der Waals surface area contributed by atoms with E-state index in [1.165, 1.54) is 12.8 Å². The summed E-state index contributed by atoms with van der Waals surface area (Å²) in [4.78, 5) is 0. The second-order valence-electron chi connectivity index (χ2n) is 2.55. The minimum Gasteiger partial charge on any atom is -0.376 e. The molecule has 2 rings (SSSR count). The van der Waals surface area contributed by atoms with Crippen LogP contribution in [0.25, 0.3) is 0 Å². The van der Waals surface area contributed by atoms with Crippen LogP contribution in [-0.2, 0) is 4.74 Å². The third-order valence-electron chi connectivity index (χ3n) is 2.04. The van der Waals surface area contributed by atoms with Crippen molar-refractivity contribution in [1.82, 2.24) is 5.32 Å². The van der Waals surface area contributed by atoms with Crippen LogP contribution in [0.3, 0.4) is 0 Å². The molecule has 2 saturated heterocycles. The molecule has 0 amide bonds. The summed E-state index contributed by atoms with van der Waals surface area (Å²) in [6.07, 6.45) is 3.02. The number of rotatable bonds is 0. The lowest BCUT2D eigenvalue weighted by atomic mass is 10.2. The lowest BCUT2D eigenvalue weighted by molar-refractivity contribution is 0.112. The van der Waals surface area contributed by atoms with E-state index in [4.69, 9.17) is 4.74 Å². The third kappa shape index (κ3) is 1.20. The molecule has 9 heavy (non-hydrogen) atoms. The lowest BCUT2D eigenvalue weighted by Gasteiger charge is -2.04. The predicted molar refractivity (Wildman–Crippen MR) is 38.0 cm³/mol. The van der Waals surface area contributed by atoms with E-state index >= 15 is 0 Å². The molecular weight excluding hydrogens is 138 g/mol. The van der Waals surface area contributed by atoms with Gasteiger partial charge in [-0.2, -0.15) is 0 Å². The van der Waals surface area contributed by atoms with Gasteiger partial charge in [0.05, 0.1) is 6.10 Å². The summed E-state index contributed by atoms with van der Waals surface area (Å²) in [6.45, 7) is 2.14. The number of ether oxygens (including phenoxy) is 1. The van der Waals surface area contributed by atoms with Crippen LogP contribution in [0, 0.1) is 0 Å². The van der Waals surface area contributed by atoms with Crippen LogP contribution in [0.2, 0.25) is 0 Å². The van der Waals surface area contributed by atoms with Crippen molar-refractivity contribution in [3.8, 4) is 0 Å². The highest BCUT2D eigenvalue weighted by molar-refractivity contribution is 5.85. The Morgan fingerprint density at radius 2 is 2.22 bits per heavy atom. The predicted octanol–water partition coefficient (Wildman–Crippen LogP) is 0.559. The van der Waals surface area contributed by atoms with Gasteiger partial charge in [0, 0.05) is 12.6 Å². The summed E-state index contributed by atoms with van der Waals surface area (Å²) in [5.41, 5.74) is 0. The molecule has 2 aliphatic rings. The van der Waals surface area contributed by atoms with Gasteiger partial charge in [0.25, 0.3) is 0 Å². The van der Waals surface area contributed by atoms with Crippen molar-refractivity contribution >= 4 is 12.4 Å². The van der Waals surface area contributed by atoms with Gasteiger partial charge in [-0.15, -0.1) is 12.4 Å². The monoisotopic (exact) mass is 149 g/mol. The standard InChI is InChI=1S/C6H11NO.ClH/c1-3-7-5-2-4-8-6(1)5;/h5-7H,1-4H2;1H. The van der Waals surface area contributed by atoms with Gasteiger partial charge in [-0.25, -0.2) is 0 Å². The fourth-order valence-corrected chi connectivity index (χ4v) is 1.58. The van der Waals surface area contributed by atoms with Crippen molar-refractivity contribution < 1.29 is 4.74 Å². The Morgan fingerprint density at radius 3 is 3.00 bits per heavy atom. The molecule has 2 aliphatic heterocycles. The molecule has 0 radical (unpaired) electrons. The zero-order valence-corrected chi connectivity index (χ0v) is 6.12. The maximum Gasteiger partial charge on any atom is 0.0740 e. The number of hydrogen-bond donors (Lipinski definition) is 1. The van der Waals surface area contributed by atoms with Crippen molar-refractivity contribution in [2.24, 2.45) is 0 Å². The average Bonchev–Trinajstić information content (AvgIpc) is 2.15. The summed E-state index contributed by atoms with van der Waals surface area (Å²) < 4.78 is 5.41. The van der Waals surface area contributed by atoms with Gasteiger partial charge in [0.2, 0.25) is 0 Å². The Balaban J connectivity index is 0.000000405. The van der Waals surface area contributed by atoms with Crippen molar-refractivity contribution in [3.05, 3.63) is 0 Å². The van der Waals surface area contributed by atoms with Crippen molar-refractivity contribution in [2.45, 2.75) is 25.0 Å². The molecule has 0 spiro atoms. The first-order valence-corrected chi connectivity index (χ1v) is 3.32. The normalized spacial score (nSPS) is 40.0. The minimum atomic E-state index is 0. The smallest absolute Gasteiger partial charge is 0.0740 e. The van der Waals surface area contributed by atoms with Crippen LogP contribution < -0.4 is 5.32 Å². The van der Waals surface area contributed by atoms with Gasteiger partial charge < -0.3 is 10.1 Å². The lowest BCUT2D eigenvalue weighted by Crippen LogP contribution is -2.24. The number of hydrogen-bond acceptors (Lipinski definition) is 2. The zero-order chi connectivity index (χ0) is 5.40. The van der Waals surface area contributed by atoms with Crippen LogP contribution in [0.5, 0.6) is 0 Å². The molecule has 0 aromatic heterocycles. The Kier molecular flexibility index (Phi) is 2.33. The number of halogens is 1. The van der Waals surface area contributed by atoms with Crippen molar-refractivity contribution in [1.29, 1.82) is 0 Å². The van der Waals surface area contributed by atoms with E-state index in [2.05, 4.69) is 5.32 Å². The molecule has 2 atom stereocenters. The SMILES string of the molecule is C1CC2OCCC2N1.Cl. The van der Waals surface area contributed by atoms with E-state index in [1.807, 2.05) is 0 Å². The maximum absolute atomic E-state index is 5.41. The highest BCUT2D eigenvalue weighted by Crippen LogP contribution is 2.20. The third-order valence-corrected chi connectivity index (χ3v) is 2.04. The topological polar surface area (TPSA) is 21.3 Å². The molecule has 2 fully saturated rings. The van der Waals surface area contributed by atoms with Crippen LogP contribution >= 0.6 is 12.4 Å². The van der Waals surface area contributed by atoms with Gasteiger partial charge in [-0.05, 0) is 19.4 Å². The Labute approximate surface area is 61.4 Å². The van der Waals surface area contributed by atoms with E-state index < -0.39 is 0 Å². The zero-order valence-electron chi connectivity index (χ0n) is 5.30. The molecule has 2 heterocycles. The fraction of sp³-hybridized carbons (Fsp3) is 1.00. The highest BCUT2D eigenvalue weighted by Gasteiger charge is 2.31. The minimum absolute atomic E-state index is 0. The van der Waals surface area contributed by atoms with Crippen LogP contribution in [-0.4, -0.2) is 25.3 Å². The first-order valence-electron chi connectivity index (χ1n) is 3.32. The van der Waals surface area contributed by atoms with Gasteiger partial charge in [-0.3, -0.25) is 0 Å². The molecule has 0 aromatic rings. The Bertz CT molecular complexity index is 79.1. The van der Waals surface area contributed by atoms with E-state index in [0.717, 1.165) is 13.2 Å². The van der Waals surface area contributed by atoms with Crippen LogP contribution in [0.15, 0.2) is 0 Å². The Hall–Kier alpha value is 0.210. The van der Waals surface area contributed by atoms with Gasteiger partial charge >= 0.3 is 0 Å². The Morgan fingerprint density at radius 1 is 1.33 bits per heavy atom. The summed E-state index contributed by atoms with van der Waals surface area (Å²) in [6, 6.07) is 0.704. The van der Waals surface area contributed by atoms with E-state index in [1.54, 1.807) is 0 Å². The molecule has 0 bridgehead atoms. The van der Waals surface area contributed by atoms with Crippen molar-refractivity contribution in [3.63, 3.8) is 0 Å². The molecule has 2 nitrogen and oxygen atoms in total. The van der Waals surface area contributed by atoms with Gasteiger partial charge in [0.15, 0.2) is 0 Å². The molecule has 0 aliphatic carbocycles. The summed E-state index contributed by atoms with van der Waals surface area (Å²) in [5, 5.41) is 3.39. The van der Waals surface area contributed by atoms with Gasteiger partial charge in [-0.1, -0.05) is 0 Å². The molecule has 54 valence electrons. The average molecular weight is 150 g/mol. The fourth-order valence-electron chi connectivity index (χ4n) is 1.58. The maximum atomic E-state index is 5.41. The highest BCUT2D eigenvalue weighted by atomic mass is 35.5. The summed E-state index contributed by atoms with van der Waals surface area (Å²) in [7, 11) is 0. The largest absolute Gasteiger partial charge is 0.376 e. The molecule has 2 unspecified atom stereocenters. The quantitative estimate of drug-likeness (QED) is 0.544. The van der Waals surface area contributed by atoms with Crippen molar-refractivity contribution in [2.75, 3.05) is 13.2 Å². The molecule has 3 heteroatoms. The second-order valence-corrected chi connectivity index (χ2v) is 2.55. The number of nitrogens with one attached hydrogen (secondary N) is 1. The first-order chi connectivity index (χ1) is 3.97. The molecular formula is C6H12ClNO. The van der Waals surface area contributed by atoms with Crippen LogP contribution in [0.4, 0.5) is 0 Å². The van der Waals surface area contributed by atoms with E-state index in [0.29, 0.717) is 12.1 Å². The summed E-state index contributed by atoms with van der Waals surface area (Å²) >= 11 is 0. The molecule has 0 saturated carbocycles. The van der Waals surface area contributed by atoms with Crippen LogP contribution in [0.1, 0.15) is 12.8 Å². The van der Waals surface area contributed by atoms with E-state index in [-0.39, 0.29) is 12.4 Å². The second kappa shape index (κ2) is 2.86. The molecule has 1 N–H and O–H groups in total. The first kappa shape index (κ1) is 7.32. The van der Waals surface area contributed by atoms with Gasteiger partial charge in [0.1, 0.15) is 0 Å². The van der Waals surface area contributed by atoms with E-state index in [9.17, 15) is 0 Å². The molecule has 0 aromatic carbocycles. The summed E-state index contributed by atoms with van der Waals surface area (Å²) in [5.74, 6) is 0. The number of fused-ring (bicyclic) bond motifs is 1.